The topological polar surface area (TPSA) is 51.4 Å². The molecule has 0 amide bonds. The van der Waals surface area contributed by atoms with Crippen LogP contribution in [0.3, 0.4) is 0 Å². The van der Waals surface area contributed by atoms with Gasteiger partial charge < -0.3 is 0 Å². The summed E-state index contributed by atoms with van der Waals surface area (Å²) >= 11 is 6.24. The fraction of sp³-hybridized carbons (Fsp3) is 0.500. The number of rotatable bonds is 1. The van der Waals surface area contributed by atoms with Gasteiger partial charge in [-0.1, -0.05) is 30.7 Å². The summed E-state index contributed by atoms with van der Waals surface area (Å²) < 4.78 is 0. The Kier molecular flexibility index (Phi) is 3.15. The average molecular weight is 261 g/mol. The first-order valence-electron chi connectivity index (χ1n) is 6.37. The second-order valence-electron chi connectivity index (χ2n) is 4.95. The Bertz CT molecular complexity index is 491. The molecule has 0 spiro atoms. The predicted molar refractivity (Wildman–Crippen MR) is 73.0 cm³/mol. The highest BCUT2D eigenvalue weighted by molar-refractivity contribution is 6.67. The maximum Gasteiger partial charge on any atom is 0.268 e. The van der Waals surface area contributed by atoms with Crippen LogP contribution in [-0.2, 0) is 0 Å². The van der Waals surface area contributed by atoms with Crippen molar-refractivity contribution >= 4 is 24.0 Å². The van der Waals surface area contributed by atoms with Crippen molar-refractivity contribution in [3.8, 4) is 5.97 Å². The Hall–Kier alpha value is -1.25. The van der Waals surface area contributed by atoms with Crippen LogP contribution in [0.15, 0.2) is 28.1 Å². The number of hydrogen-bond donors (Lipinski definition) is 1. The normalized spacial score (nSPS) is 27.1. The van der Waals surface area contributed by atoms with Gasteiger partial charge in [0.2, 0.25) is 0 Å². The quantitative estimate of drug-likeness (QED) is 0.580. The highest BCUT2D eigenvalue weighted by Gasteiger charge is 2.31. The maximum absolute atomic E-state index is 9.05. The predicted octanol–water partition coefficient (Wildman–Crippen LogP) is 2.15. The first-order valence-corrected chi connectivity index (χ1v) is 6.75. The van der Waals surface area contributed by atoms with E-state index in [1.807, 2.05) is 12.2 Å². The molecule has 0 aromatic rings. The van der Waals surface area contributed by atoms with E-state index in [9.17, 15) is 0 Å². The number of halogens is 1. The van der Waals surface area contributed by atoms with Gasteiger partial charge >= 0.3 is 0 Å². The SMILES string of the molecule is N#CB1CCCC(C2=NC3=CCNN3C(Cl)=C2)C1. The van der Waals surface area contributed by atoms with Gasteiger partial charge in [-0.3, -0.25) is 0 Å². The Labute approximate surface area is 112 Å². The molecule has 3 heterocycles. The van der Waals surface area contributed by atoms with Gasteiger partial charge in [-0.15, -0.1) is 0 Å². The van der Waals surface area contributed by atoms with Crippen molar-refractivity contribution in [2.24, 2.45) is 10.9 Å². The monoisotopic (exact) mass is 260 g/mol. The maximum atomic E-state index is 9.05. The molecule has 3 aliphatic rings. The Morgan fingerprint density at radius 2 is 2.50 bits per heavy atom. The third-order valence-electron chi connectivity index (χ3n) is 3.76. The number of hydrogen-bond acceptors (Lipinski definition) is 4. The lowest BCUT2D eigenvalue weighted by Crippen LogP contribution is -2.34. The average Bonchev–Trinajstić information content (AvgIpc) is 2.87. The van der Waals surface area contributed by atoms with Gasteiger partial charge in [0.1, 0.15) is 11.0 Å². The number of nitriles is 1. The summed E-state index contributed by atoms with van der Waals surface area (Å²) in [4.78, 5) is 4.66. The van der Waals surface area contributed by atoms with E-state index in [2.05, 4.69) is 16.4 Å². The van der Waals surface area contributed by atoms with Gasteiger partial charge in [0.15, 0.2) is 0 Å². The van der Waals surface area contributed by atoms with Gasteiger partial charge in [0, 0.05) is 18.2 Å². The van der Waals surface area contributed by atoms with Crippen LogP contribution in [0.2, 0.25) is 12.6 Å². The van der Waals surface area contributed by atoms with Crippen LogP contribution in [0.25, 0.3) is 0 Å². The van der Waals surface area contributed by atoms with E-state index in [1.165, 1.54) is 0 Å². The lowest BCUT2D eigenvalue weighted by atomic mass is 9.40. The Morgan fingerprint density at radius 3 is 3.33 bits per heavy atom. The molecule has 0 saturated carbocycles. The molecule has 6 heteroatoms. The number of hydrazine groups is 1. The molecule has 92 valence electrons. The van der Waals surface area contributed by atoms with Crippen LogP contribution in [0.1, 0.15) is 12.8 Å². The molecule has 1 N–H and O–H groups in total. The molecular formula is C12H14BClN4. The highest BCUT2D eigenvalue weighted by atomic mass is 35.5. The Balaban J connectivity index is 1.82. The zero-order valence-corrected chi connectivity index (χ0v) is 10.8. The zero-order valence-electron chi connectivity index (χ0n) is 10.1. The highest BCUT2D eigenvalue weighted by Crippen LogP contribution is 2.31. The molecule has 1 atom stereocenters. The second kappa shape index (κ2) is 4.79. The van der Waals surface area contributed by atoms with Gasteiger partial charge in [0.25, 0.3) is 6.71 Å². The van der Waals surface area contributed by atoms with E-state index in [0.717, 1.165) is 43.6 Å². The van der Waals surface area contributed by atoms with E-state index in [4.69, 9.17) is 16.9 Å². The first kappa shape index (κ1) is 11.8. The fourth-order valence-electron chi connectivity index (χ4n) is 2.82. The van der Waals surface area contributed by atoms with Crippen molar-refractivity contribution in [1.29, 1.82) is 5.26 Å². The standard InChI is InChI=1S/C12H14BClN4/c14-11-6-10(17-12-3-5-16-18(11)12)9-2-1-4-13(7-9)8-15/h3,6,9,16H,1-2,4-5,7H2. The number of nitrogens with one attached hydrogen (secondary N) is 1. The number of nitrogens with zero attached hydrogens (tertiary/aromatic N) is 3. The smallest absolute Gasteiger partial charge is 0.248 e. The summed E-state index contributed by atoms with van der Waals surface area (Å²) in [5, 5.41) is 11.5. The molecule has 1 saturated heterocycles. The number of fused-ring (bicyclic) bond motifs is 1. The molecule has 18 heavy (non-hydrogen) atoms. The third-order valence-corrected chi connectivity index (χ3v) is 4.04. The lowest BCUT2D eigenvalue weighted by molar-refractivity contribution is 0.370. The van der Waals surface area contributed by atoms with E-state index < -0.39 is 0 Å². The van der Waals surface area contributed by atoms with E-state index in [-0.39, 0.29) is 6.71 Å². The zero-order chi connectivity index (χ0) is 12.5. The van der Waals surface area contributed by atoms with Crippen LogP contribution >= 0.6 is 11.6 Å². The molecule has 0 aromatic heterocycles. The Morgan fingerprint density at radius 1 is 1.61 bits per heavy atom. The summed E-state index contributed by atoms with van der Waals surface area (Å²) in [6, 6.07) is 0. The minimum Gasteiger partial charge on any atom is -0.248 e. The molecular weight excluding hydrogens is 246 g/mol. The summed E-state index contributed by atoms with van der Waals surface area (Å²) in [6.07, 6.45) is 8.11. The second-order valence-corrected chi connectivity index (χ2v) is 5.34. The van der Waals surface area contributed by atoms with Gasteiger partial charge in [-0.25, -0.2) is 20.7 Å². The summed E-state index contributed by atoms with van der Waals surface area (Å²) in [6.45, 7) is 0.939. The van der Waals surface area contributed by atoms with Crippen molar-refractivity contribution in [1.82, 2.24) is 10.4 Å². The molecule has 0 aromatic carbocycles. The minimum absolute atomic E-state index is 0.173. The van der Waals surface area contributed by atoms with Crippen LogP contribution in [0.5, 0.6) is 0 Å². The van der Waals surface area contributed by atoms with Crippen LogP contribution in [0, 0.1) is 17.1 Å². The lowest BCUT2D eigenvalue weighted by Gasteiger charge is -2.28. The van der Waals surface area contributed by atoms with Crippen LogP contribution in [0.4, 0.5) is 0 Å². The molecule has 0 radical (unpaired) electrons. The van der Waals surface area contributed by atoms with Crippen molar-refractivity contribution in [3.05, 3.63) is 23.1 Å². The number of aliphatic imine (C=N–C) groups is 1. The molecule has 3 rings (SSSR count). The largest absolute Gasteiger partial charge is 0.268 e. The van der Waals surface area contributed by atoms with E-state index in [1.54, 1.807) is 5.01 Å². The van der Waals surface area contributed by atoms with Crippen molar-refractivity contribution < 1.29 is 0 Å². The summed E-state index contributed by atoms with van der Waals surface area (Å²) in [7, 11) is 0. The fourth-order valence-corrected chi connectivity index (χ4v) is 3.08. The summed E-state index contributed by atoms with van der Waals surface area (Å²) in [5.41, 5.74) is 4.17. The molecule has 4 nitrogen and oxygen atoms in total. The minimum atomic E-state index is 0.173. The van der Waals surface area contributed by atoms with Crippen molar-refractivity contribution in [2.75, 3.05) is 6.54 Å². The first-order chi connectivity index (χ1) is 8.78. The molecule has 0 aliphatic carbocycles. The van der Waals surface area contributed by atoms with Gasteiger partial charge in [-0.05, 0) is 24.5 Å². The number of allylic oxidation sites excluding steroid dienone is 1. The van der Waals surface area contributed by atoms with E-state index >= 15 is 0 Å². The molecule has 3 aliphatic heterocycles. The van der Waals surface area contributed by atoms with Crippen LogP contribution in [-0.4, -0.2) is 24.0 Å². The van der Waals surface area contributed by atoms with E-state index in [0.29, 0.717) is 11.1 Å². The van der Waals surface area contributed by atoms with Crippen molar-refractivity contribution in [3.63, 3.8) is 0 Å². The van der Waals surface area contributed by atoms with Crippen LogP contribution < -0.4 is 5.43 Å². The summed E-state index contributed by atoms with van der Waals surface area (Å²) in [5.74, 6) is 3.65. The molecule has 0 bridgehead atoms. The van der Waals surface area contributed by atoms with Gasteiger partial charge in [-0.2, -0.15) is 0 Å². The van der Waals surface area contributed by atoms with Crippen molar-refractivity contribution in [2.45, 2.75) is 25.5 Å². The van der Waals surface area contributed by atoms with Gasteiger partial charge in [0.05, 0.1) is 0 Å². The molecule has 1 fully saturated rings. The molecule has 1 unspecified atom stereocenters. The third kappa shape index (κ3) is 2.07.